The summed E-state index contributed by atoms with van der Waals surface area (Å²) < 4.78 is 5.48. The standard InChI is InChI=1S/C25H26N2O4/c1-16-7-6-12-22(27-16)24(29)23(28)13-14-26-25(30)31-15-21-19-10-4-2-8-17(19)18-9-3-5-11-20(18)21/h2-12,21,23-24,28-29H,13-15H2,1H3,(H,26,30). The molecule has 3 N–H and O–H groups in total. The van der Waals surface area contributed by atoms with Gasteiger partial charge in [-0.2, -0.15) is 0 Å². The first-order valence-corrected chi connectivity index (χ1v) is 10.4. The van der Waals surface area contributed by atoms with Gasteiger partial charge in [0.1, 0.15) is 12.7 Å². The number of aliphatic hydroxyl groups is 2. The number of fused-ring (bicyclic) bond motifs is 3. The molecule has 4 rings (SSSR count). The van der Waals surface area contributed by atoms with Gasteiger partial charge in [-0.3, -0.25) is 4.98 Å². The number of benzene rings is 2. The van der Waals surface area contributed by atoms with E-state index in [4.69, 9.17) is 4.74 Å². The second-order valence-corrected chi connectivity index (χ2v) is 7.76. The number of aromatic nitrogens is 1. The second kappa shape index (κ2) is 9.29. The van der Waals surface area contributed by atoms with Crippen LogP contribution in [0.3, 0.4) is 0 Å². The predicted octanol–water partition coefficient (Wildman–Crippen LogP) is 3.71. The molecule has 0 bridgehead atoms. The number of hydrogen-bond donors (Lipinski definition) is 3. The third kappa shape index (κ3) is 4.60. The summed E-state index contributed by atoms with van der Waals surface area (Å²) in [6, 6.07) is 21.6. The quantitative estimate of drug-likeness (QED) is 0.544. The molecule has 1 amide bonds. The summed E-state index contributed by atoms with van der Waals surface area (Å²) in [5.74, 6) is -0.00189. The molecule has 0 radical (unpaired) electrons. The highest BCUT2D eigenvalue weighted by molar-refractivity contribution is 5.79. The number of rotatable bonds is 7. The van der Waals surface area contributed by atoms with Crippen LogP contribution in [0.25, 0.3) is 11.1 Å². The van der Waals surface area contributed by atoms with E-state index < -0.39 is 18.3 Å². The summed E-state index contributed by atoms with van der Waals surface area (Å²) in [4.78, 5) is 16.4. The minimum absolute atomic E-state index is 0.00189. The number of aryl methyl sites for hydroxylation is 1. The SMILES string of the molecule is Cc1cccc(C(O)C(O)CCNC(=O)OCC2c3ccccc3-c3ccccc32)n1. The molecule has 0 fully saturated rings. The van der Waals surface area contributed by atoms with Crippen molar-refractivity contribution in [2.45, 2.75) is 31.5 Å². The average molecular weight is 418 g/mol. The first-order chi connectivity index (χ1) is 15.0. The van der Waals surface area contributed by atoms with Crippen LogP contribution >= 0.6 is 0 Å². The van der Waals surface area contributed by atoms with Crippen molar-refractivity contribution in [2.75, 3.05) is 13.2 Å². The zero-order valence-electron chi connectivity index (χ0n) is 17.4. The predicted molar refractivity (Wildman–Crippen MR) is 118 cm³/mol. The van der Waals surface area contributed by atoms with E-state index in [1.807, 2.05) is 37.3 Å². The van der Waals surface area contributed by atoms with Crippen LogP contribution in [-0.2, 0) is 4.74 Å². The topological polar surface area (TPSA) is 91.7 Å². The number of amides is 1. The largest absolute Gasteiger partial charge is 0.449 e. The highest BCUT2D eigenvalue weighted by Crippen LogP contribution is 2.44. The summed E-state index contributed by atoms with van der Waals surface area (Å²) in [6.45, 7) is 2.24. The number of pyridine rings is 1. The monoisotopic (exact) mass is 418 g/mol. The molecule has 2 aromatic carbocycles. The summed E-state index contributed by atoms with van der Waals surface area (Å²) in [7, 11) is 0. The summed E-state index contributed by atoms with van der Waals surface area (Å²) in [5, 5.41) is 23.1. The van der Waals surface area contributed by atoms with E-state index in [0.717, 1.165) is 16.8 Å². The van der Waals surface area contributed by atoms with E-state index in [1.54, 1.807) is 12.1 Å². The Labute approximate surface area is 181 Å². The normalized spacial score (nSPS) is 14.4. The molecule has 6 heteroatoms. The van der Waals surface area contributed by atoms with Crippen molar-refractivity contribution in [2.24, 2.45) is 0 Å². The lowest BCUT2D eigenvalue weighted by Crippen LogP contribution is -2.31. The van der Waals surface area contributed by atoms with Crippen LogP contribution in [0, 0.1) is 6.92 Å². The number of nitrogens with zero attached hydrogens (tertiary/aromatic N) is 1. The van der Waals surface area contributed by atoms with Crippen LogP contribution < -0.4 is 5.32 Å². The summed E-state index contributed by atoms with van der Waals surface area (Å²) in [5.41, 5.74) is 5.83. The summed E-state index contributed by atoms with van der Waals surface area (Å²) >= 11 is 0. The van der Waals surface area contributed by atoms with E-state index >= 15 is 0 Å². The number of hydrogen-bond acceptors (Lipinski definition) is 5. The van der Waals surface area contributed by atoms with Crippen molar-refractivity contribution < 1.29 is 19.7 Å². The Kier molecular flexibility index (Phi) is 6.30. The average Bonchev–Trinajstić information content (AvgIpc) is 3.11. The Hall–Kier alpha value is -3.22. The van der Waals surface area contributed by atoms with Gasteiger partial charge < -0.3 is 20.3 Å². The maximum atomic E-state index is 12.2. The van der Waals surface area contributed by atoms with E-state index in [-0.39, 0.29) is 25.5 Å². The maximum absolute atomic E-state index is 12.2. The molecule has 3 aromatic rings. The zero-order valence-corrected chi connectivity index (χ0v) is 17.4. The molecule has 0 saturated carbocycles. The second-order valence-electron chi connectivity index (χ2n) is 7.76. The Morgan fingerprint density at radius 1 is 1.00 bits per heavy atom. The van der Waals surface area contributed by atoms with Gasteiger partial charge in [0.15, 0.2) is 0 Å². The fourth-order valence-electron chi connectivity index (χ4n) is 4.06. The smallest absolute Gasteiger partial charge is 0.407 e. The van der Waals surface area contributed by atoms with Crippen LogP contribution in [-0.4, -0.2) is 40.5 Å². The highest BCUT2D eigenvalue weighted by atomic mass is 16.5. The first kappa shape index (κ1) is 21.0. The molecule has 31 heavy (non-hydrogen) atoms. The lowest BCUT2D eigenvalue weighted by molar-refractivity contribution is 0.0111. The molecule has 0 spiro atoms. The van der Waals surface area contributed by atoms with Gasteiger partial charge in [0.2, 0.25) is 0 Å². The van der Waals surface area contributed by atoms with Crippen molar-refractivity contribution in [3.8, 4) is 11.1 Å². The Balaban J connectivity index is 1.28. The van der Waals surface area contributed by atoms with Gasteiger partial charge in [0.05, 0.1) is 11.8 Å². The fourth-order valence-corrected chi connectivity index (χ4v) is 4.06. The third-order valence-corrected chi connectivity index (χ3v) is 5.63. The van der Waals surface area contributed by atoms with Gasteiger partial charge in [0, 0.05) is 18.2 Å². The van der Waals surface area contributed by atoms with Gasteiger partial charge in [-0.1, -0.05) is 54.6 Å². The first-order valence-electron chi connectivity index (χ1n) is 10.4. The Morgan fingerprint density at radius 3 is 2.29 bits per heavy atom. The molecule has 6 nitrogen and oxygen atoms in total. The molecule has 2 unspecified atom stereocenters. The number of nitrogens with one attached hydrogen (secondary N) is 1. The molecule has 2 atom stereocenters. The fraction of sp³-hybridized carbons (Fsp3) is 0.280. The molecule has 1 aliphatic carbocycles. The summed E-state index contributed by atoms with van der Waals surface area (Å²) in [6.07, 6.45) is -2.51. The molecule has 1 aromatic heterocycles. The van der Waals surface area contributed by atoms with Gasteiger partial charge >= 0.3 is 6.09 Å². The number of aliphatic hydroxyl groups excluding tert-OH is 2. The highest BCUT2D eigenvalue weighted by Gasteiger charge is 2.29. The number of carbonyl (C=O) groups excluding carboxylic acids is 1. The van der Waals surface area contributed by atoms with Crippen molar-refractivity contribution in [3.05, 3.63) is 89.2 Å². The van der Waals surface area contributed by atoms with E-state index in [2.05, 4.69) is 34.6 Å². The minimum Gasteiger partial charge on any atom is -0.449 e. The van der Waals surface area contributed by atoms with Gasteiger partial charge in [0.25, 0.3) is 0 Å². The molecule has 160 valence electrons. The molecule has 0 aliphatic heterocycles. The van der Waals surface area contributed by atoms with Crippen molar-refractivity contribution in [3.63, 3.8) is 0 Å². The molecule has 0 saturated heterocycles. The van der Waals surface area contributed by atoms with Crippen LogP contribution in [0.1, 0.15) is 41.0 Å². The van der Waals surface area contributed by atoms with Crippen LogP contribution in [0.5, 0.6) is 0 Å². The number of ether oxygens (including phenoxy) is 1. The number of carbonyl (C=O) groups is 1. The lowest BCUT2D eigenvalue weighted by atomic mass is 9.98. The zero-order chi connectivity index (χ0) is 21.8. The van der Waals surface area contributed by atoms with Crippen LogP contribution in [0.4, 0.5) is 4.79 Å². The van der Waals surface area contributed by atoms with E-state index in [0.29, 0.717) is 5.69 Å². The van der Waals surface area contributed by atoms with Gasteiger partial charge in [-0.15, -0.1) is 0 Å². The Bertz CT molecular complexity index is 1020. The molecular weight excluding hydrogens is 392 g/mol. The van der Waals surface area contributed by atoms with Crippen molar-refractivity contribution in [1.82, 2.24) is 10.3 Å². The molecule has 1 heterocycles. The lowest BCUT2D eigenvalue weighted by Gasteiger charge is -2.18. The van der Waals surface area contributed by atoms with E-state index in [1.165, 1.54) is 11.1 Å². The van der Waals surface area contributed by atoms with Crippen molar-refractivity contribution in [1.29, 1.82) is 0 Å². The van der Waals surface area contributed by atoms with Crippen LogP contribution in [0.15, 0.2) is 66.7 Å². The number of alkyl carbamates (subject to hydrolysis) is 1. The van der Waals surface area contributed by atoms with Gasteiger partial charge in [-0.05, 0) is 47.7 Å². The van der Waals surface area contributed by atoms with E-state index in [9.17, 15) is 15.0 Å². The van der Waals surface area contributed by atoms with Gasteiger partial charge in [-0.25, -0.2) is 4.79 Å². The molecular formula is C25H26N2O4. The minimum atomic E-state index is -1.11. The third-order valence-electron chi connectivity index (χ3n) is 5.63. The van der Waals surface area contributed by atoms with Crippen LogP contribution in [0.2, 0.25) is 0 Å². The Morgan fingerprint density at radius 2 is 1.65 bits per heavy atom. The molecule has 1 aliphatic rings. The van der Waals surface area contributed by atoms with Crippen molar-refractivity contribution >= 4 is 6.09 Å². The maximum Gasteiger partial charge on any atom is 0.407 e.